The largest absolute Gasteiger partial charge is 0.322 e. The fraction of sp³-hybridized carbons (Fsp3) is 0.0500. The van der Waals surface area contributed by atoms with Crippen molar-refractivity contribution in [1.82, 2.24) is 9.97 Å². The molecule has 1 aromatic heterocycles. The normalized spacial score (nSPS) is 11.0. The number of rotatable bonds is 2. The third-order valence-corrected chi connectivity index (χ3v) is 4.54. The van der Waals surface area contributed by atoms with Gasteiger partial charge in [-0.05, 0) is 48.9 Å². The van der Waals surface area contributed by atoms with E-state index < -0.39 is 0 Å². The molecule has 3 aromatic carbocycles. The summed E-state index contributed by atoms with van der Waals surface area (Å²) >= 11 is 6.13. The predicted octanol–water partition coefficient (Wildman–Crippen LogP) is 5.00. The van der Waals surface area contributed by atoms with E-state index in [9.17, 15) is 4.79 Å². The minimum Gasteiger partial charge on any atom is -0.322 e. The van der Waals surface area contributed by atoms with E-state index in [0.717, 1.165) is 16.6 Å². The highest BCUT2D eigenvalue weighted by Crippen LogP contribution is 2.25. The number of nitrogens with zero attached hydrogens (tertiary/aromatic N) is 2. The van der Waals surface area contributed by atoms with Crippen LogP contribution in [0, 0.1) is 6.92 Å². The molecule has 4 nitrogen and oxygen atoms in total. The summed E-state index contributed by atoms with van der Waals surface area (Å²) in [6.07, 6.45) is 0. The Kier molecular flexibility index (Phi) is 3.82. The number of fused-ring (bicyclic) bond motifs is 2. The SMILES string of the molecule is Cc1c(Cl)cccc1NC(=O)c1cccc2nc3ccccc3nc12. The van der Waals surface area contributed by atoms with E-state index in [1.54, 1.807) is 18.2 Å². The van der Waals surface area contributed by atoms with Gasteiger partial charge in [0.1, 0.15) is 5.52 Å². The second kappa shape index (κ2) is 6.15. The lowest BCUT2D eigenvalue weighted by atomic mass is 10.1. The minimum atomic E-state index is -0.236. The summed E-state index contributed by atoms with van der Waals surface area (Å²) < 4.78 is 0. The van der Waals surface area contributed by atoms with E-state index in [-0.39, 0.29) is 5.91 Å². The fourth-order valence-corrected chi connectivity index (χ4v) is 2.93. The summed E-state index contributed by atoms with van der Waals surface area (Å²) in [5, 5.41) is 3.53. The maximum absolute atomic E-state index is 12.8. The number of amides is 1. The Hall–Kier alpha value is -2.98. The second-order valence-corrected chi connectivity index (χ2v) is 6.16. The van der Waals surface area contributed by atoms with Crippen molar-refractivity contribution in [3.63, 3.8) is 0 Å². The molecule has 0 radical (unpaired) electrons. The summed E-state index contributed by atoms with van der Waals surface area (Å²) in [5.74, 6) is -0.236. The molecule has 5 heteroatoms. The Morgan fingerprint density at radius 3 is 2.36 bits per heavy atom. The molecule has 0 aliphatic carbocycles. The molecule has 0 saturated heterocycles. The molecule has 0 unspecified atom stereocenters. The summed E-state index contributed by atoms with van der Waals surface area (Å²) in [5.41, 5.74) is 4.83. The van der Waals surface area contributed by atoms with E-state index in [1.165, 1.54) is 0 Å². The molecule has 25 heavy (non-hydrogen) atoms. The van der Waals surface area contributed by atoms with Crippen LogP contribution < -0.4 is 5.32 Å². The average Bonchev–Trinajstić information content (AvgIpc) is 2.63. The number of hydrogen-bond donors (Lipinski definition) is 1. The maximum Gasteiger partial charge on any atom is 0.257 e. The summed E-state index contributed by atoms with van der Waals surface area (Å²) in [6, 6.07) is 18.5. The van der Waals surface area contributed by atoms with Gasteiger partial charge < -0.3 is 5.32 Å². The number of benzene rings is 3. The van der Waals surface area contributed by atoms with Gasteiger partial charge in [-0.2, -0.15) is 0 Å². The molecule has 4 rings (SSSR count). The van der Waals surface area contributed by atoms with Crippen LogP contribution in [0.15, 0.2) is 60.7 Å². The molecular weight excluding hydrogens is 334 g/mol. The first-order valence-corrected chi connectivity index (χ1v) is 8.23. The van der Waals surface area contributed by atoms with Crippen molar-refractivity contribution in [3.8, 4) is 0 Å². The van der Waals surface area contributed by atoms with Crippen molar-refractivity contribution in [2.45, 2.75) is 6.92 Å². The van der Waals surface area contributed by atoms with Gasteiger partial charge in [-0.1, -0.05) is 35.9 Å². The van der Waals surface area contributed by atoms with Gasteiger partial charge in [0.2, 0.25) is 0 Å². The predicted molar refractivity (Wildman–Crippen MR) is 101 cm³/mol. The number of halogens is 1. The number of carbonyl (C=O) groups is 1. The number of hydrogen-bond acceptors (Lipinski definition) is 3. The van der Waals surface area contributed by atoms with Gasteiger partial charge in [-0.25, -0.2) is 9.97 Å². The maximum atomic E-state index is 12.8. The van der Waals surface area contributed by atoms with Gasteiger partial charge in [0.25, 0.3) is 5.91 Å². The first-order chi connectivity index (χ1) is 12.1. The molecular formula is C20H14ClN3O. The van der Waals surface area contributed by atoms with E-state index in [4.69, 9.17) is 11.6 Å². The number of nitrogens with one attached hydrogen (secondary N) is 1. The molecule has 0 saturated carbocycles. The number of aromatic nitrogens is 2. The fourth-order valence-electron chi connectivity index (χ4n) is 2.76. The van der Waals surface area contributed by atoms with Crippen molar-refractivity contribution < 1.29 is 4.79 Å². The van der Waals surface area contributed by atoms with E-state index in [0.29, 0.717) is 27.3 Å². The van der Waals surface area contributed by atoms with Crippen molar-refractivity contribution in [2.75, 3.05) is 5.32 Å². The monoisotopic (exact) mass is 347 g/mol. The van der Waals surface area contributed by atoms with Crippen LogP contribution in [-0.2, 0) is 0 Å². The lowest BCUT2D eigenvalue weighted by molar-refractivity contribution is 0.102. The Bertz CT molecular complexity index is 1120. The molecule has 0 bridgehead atoms. The van der Waals surface area contributed by atoms with Crippen molar-refractivity contribution in [1.29, 1.82) is 0 Å². The van der Waals surface area contributed by atoms with Crippen molar-refractivity contribution in [3.05, 3.63) is 76.8 Å². The van der Waals surface area contributed by atoms with Crippen LogP contribution in [0.1, 0.15) is 15.9 Å². The van der Waals surface area contributed by atoms with Crippen LogP contribution in [0.25, 0.3) is 22.1 Å². The molecule has 4 aromatic rings. The second-order valence-electron chi connectivity index (χ2n) is 5.75. The quantitative estimate of drug-likeness (QED) is 0.519. The lowest BCUT2D eigenvalue weighted by Gasteiger charge is -2.11. The Balaban J connectivity index is 1.81. The van der Waals surface area contributed by atoms with Gasteiger partial charge in [0, 0.05) is 10.7 Å². The zero-order valence-electron chi connectivity index (χ0n) is 13.5. The van der Waals surface area contributed by atoms with Crippen molar-refractivity contribution in [2.24, 2.45) is 0 Å². The van der Waals surface area contributed by atoms with Gasteiger partial charge >= 0.3 is 0 Å². The van der Waals surface area contributed by atoms with Crippen LogP contribution in [0.5, 0.6) is 0 Å². The van der Waals surface area contributed by atoms with Crippen LogP contribution in [0.2, 0.25) is 5.02 Å². The number of anilines is 1. The first-order valence-electron chi connectivity index (χ1n) is 7.85. The molecule has 0 aliphatic heterocycles. The van der Waals surface area contributed by atoms with E-state index in [1.807, 2.05) is 49.4 Å². The third kappa shape index (κ3) is 2.81. The van der Waals surface area contributed by atoms with Crippen LogP contribution in [0.3, 0.4) is 0 Å². The number of para-hydroxylation sites is 3. The molecule has 1 N–H and O–H groups in total. The van der Waals surface area contributed by atoms with Crippen LogP contribution >= 0.6 is 11.6 Å². The van der Waals surface area contributed by atoms with Gasteiger partial charge in [0.05, 0.1) is 22.1 Å². The van der Waals surface area contributed by atoms with Crippen LogP contribution in [-0.4, -0.2) is 15.9 Å². The topological polar surface area (TPSA) is 54.9 Å². The minimum absolute atomic E-state index is 0.236. The molecule has 0 spiro atoms. The Morgan fingerprint density at radius 2 is 1.56 bits per heavy atom. The highest BCUT2D eigenvalue weighted by molar-refractivity contribution is 6.31. The lowest BCUT2D eigenvalue weighted by Crippen LogP contribution is -2.14. The summed E-state index contributed by atoms with van der Waals surface area (Å²) in [7, 11) is 0. The molecule has 0 atom stereocenters. The summed E-state index contributed by atoms with van der Waals surface area (Å²) in [4.78, 5) is 22.0. The van der Waals surface area contributed by atoms with E-state index >= 15 is 0 Å². The molecule has 1 amide bonds. The molecule has 122 valence electrons. The van der Waals surface area contributed by atoms with Gasteiger partial charge in [-0.15, -0.1) is 0 Å². The summed E-state index contributed by atoms with van der Waals surface area (Å²) in [6.45, 7) is 1.87. The van der Waals surface area contributed by atoms with Crippen LogP contribution in [0.4, 0.5) is 5.69 Å². The highest BCUT2D eigenvalue weighted by Gasteiger charge is 2.14. The highest BCUT2D eigenvalue weighted by atomic mass is 35.5. The van der Waals surface area contributed by atoms with E-state index in [2.05, 4.69) is 15.3 Å². The molecule has 1 heterocycles. The average molecular weight is 348 g/mol. The van der Waals surface area contributed by atoms with Gasteiger partial charge in [-0.3, -0.25) is 4.79 Å². The molecule has 0 fully saturated rings. The molecule has 0 aliphatic rings. The standard InChI is InChI=1S/C20H14ClN3O/c1-12-14(21)7-5-10-15(12)24-20(25)13-6-4-11-18-19(13)23-17-9-3-2-8-16(17)22-18/h2-11H,1H3,(H,24,25). The van der Waals surface area contributed by atoms with Gasteiger partial charge in [0.15, 0.2) is 0 Å². The zero-order chi connectivity index (χ0) is 17.4. The van der Waals surface area contributed by atoms with Crippen molar-refractivity contribution >= 4 is 45.3 Å². The smallest absolute Gasteiger partial charge is 0.257 e. The zero-order valence-corrected chi connectivity index (χ0v) is 14.2. The Morgan fingerprint density at radius 1 is 0.880 bits per heavy atom. The Labute approximate surface area is 149 Å². The number of carbonyl (C=O) groups excluding carboxylic acids is 1. The third-order valence-electron chi connectivity index (χ3n) is 4.13. The first kappa shape index (κ1) is 15.5.